The summed E-state index contributed by atoms with van der Waals surface area (Å²) < 4.78 is 5.51. The Labute approximate surface area is 135 Å². The summed E-state index contributed by atoms with van der Waals surface area (Å²) in [6, 6.07) is 0. The van der Waals surface area contributed by atoms with Crippen molar-refractivity contribution >= 4 is 17.9 Å². The zero-order valence-electron chi connectivity index (χ0n) is 15.0. The molecule has 0 fully saturated rings. The number of thioether (sulfide) groups is 1. The Morgan fingerprint density at radius 1 is 1.14 bits per heavy atom. The van der Waals surface area contributed by atoms with Crippen LogP contribution in [0.4, 0.5) is 4.79 Å². The first-order valence-corrected chi connectivity index (χ1v) is 8.92. The summed E-state index contributed by atoms with van der Waals surface area (Å²) in [4.78, 5) is 11.7. The first-order valence-electron chi connectivity index (χ1n) is 7.69. The van der Waals surface area contributed by atoms with Crippen LogP contribution in [0.5, 0.6) is 0 Å². The first-order chi connectivity index (χ1) is 9.47. The van der Waals surface area contributed by atoms with Gasteiger partial charge in [0.1, 0.15) is 5.60 Å². The van der Waals surface area contributed by atoms with E-state index in [1.807, 2.05) is 32.5 Å². The third kappa shape index (κ3) is 10.9. The second-order valence-corrected chi connectivity index (χ2v) is 9.00. The molecule has 2 N–H and O–H groups in total. The average molecular weight is 319 g/mol. The highest BCUT2D eigenvalue weighted by Crippen LogP contribution is 2.20. The second-order valence-electron chi connectivity index (χ2n) is 7.48. The summed E-state index contributed by atoms with van der Waals surface area (Å²) in [6.07, 6.45) is 1.80. The molecule has 5 heteroatoms. The zero-order chi connectivity index (χ0) is 16.7. The van der Waals surface area contributed by atoms with E-state index in [1.165, 1.54) is 0 Å². The molecule has 0 aromatic carbocycles. The maximum Gasteiger partial charge on any atom is 0.407 e. The standard InChI is InChI=1S/C16H34N2O2S/c1-12(2)13(9-17-11-16(6,7)21-8)10-18-14(19)20-15(3,4)5/h12-13,17H,9-11H2,1-8H3,(H,18,19). The SMILES string of the molecule is CSC(C)(C)CNCC(CNC(=O)OC(C)(C)C)C(C)C. The fraction of sp³-hybridized carbons (Fsp3) is 0.938. The van der Waals surface area contributed by atoms with E-state index in [4.69, 9.17) is 4.74 Å². The van der Waals surface area contributed by atoms with E-state index < -0.39 is 5.60 Å². The fourth-order valence-electron chi connectivity index (χ4n) is 1.70. The number of hydrogen-bond donors (Lipinski definition) is 2. The van der Waals surface area contributed by atoms with Crippen molar-refractivity contribution in [3.05, 3.63) is 0 Å². The first kappa shape index (κ1) is 20.6. The number of carbonyl (C=O) groups is 1. The van der Waals surface area contributed by atoms with E-state index >= 15 is 0 Å². The number of carbonyl (C=O) groups excluding carboxylic acids is 1. The smallest absolute Gasteiger partial charge is 0.407 e. The van der Waals surface area contributed by atoms with Crippen molar-refractivity contribution in [1.29, 1.82) is 0 Å². The Bertz CT molecular complexity index is 312. The Morgan fingerprint density at radius 3 is 2.14 bits per heavy atom. The normalized spacial score (nSPS) is 14.1. The Kier molecular flexibility index (Phi) is 8.71. The van der Waals surface area contributed by atoms with Crippen LogP contribution in [0.25, 0.3) is 0 Å². The molecule has 0 saturated carbocycles. The molecule has 0 saturated heterocycles. The van der Waals surface area contributed by atoms with Gasteiger partial charge in [-0.25, -0.2) is 4.79 Å². The van der Waals surface area contributed by atoms with Gasteiger partial charge in [0.05, 0.1) is 0 Å². The third-order valence-electron chi connectivity index (χ3n) is 3.36. The van der Waals surface area contributed by atoms with Crippen molar-refractivity contribution in [2.75, 3.05) is 25.9 Å². The van der Waals surface area contributed by atoms with Gasteiger partial charge in [-0.2, -0.15) is 11.8 Å². The molecule has 21 heavy (non-hydrogen) atoms. The van der Waals surface area contributed by atoms with Crippen molar-refractivity contribution in [3.8, 4) is 0 Å². The van der Waals surface area contributed by atoms with E-state index in [-0.39, 0.29) is 10.8 Å². The maximum absolute atomic E-state index is 11.7. The molecule has 0 heterocycles. The van der Waals surface area contributed by atoms with Crippen molar-refractivity contribution < 1.29 is 9.53 Å². The van der Waals surface area contributed by atoms with Crippen LogP contribution in [0.3, 0.4) is 0 Å². The van der Waals surface area contributed by atoms with Crippen LogP contribution in [0.2, 0.25) is 0 Å². The largest absolute Gasteiger partial charge is 0.444 e. The molecule has 1 amide bonds. The molecule has 0 radical (unpaired) electrons. The second kappa shape index (κ2) is 8.89. The molecule has 0 rings (SSSR count). The lowest BCUT2D eigenvalue weighted by Gasteiger charge is -2.27. The lowest BCUT2D eigenvalue weighted by Crippen LogP contribution is -2.41. The number of hydrogen-bond acceptors (Lipinski definition) is 4. The number of nitrogens with one attached hydrogen (secondary N) is 2. The van der Waals surface area contributed by atoms with E-state index in [1.54, 1.807) is 0 Å². The van der Waals surface area contributed by atoms with Gasteiger partial charge in [0.2, 0.25) is 0 Å². The van der Waals surface area contributed by atoms with E-state index in [0.29, 0.717) is 18.4 Å². The molecule has 0 spiro atoms. The Balaban J connectivity index is 4.18. The molecule has 1 atom stereocenters. The summed E-state index contributed by atoms with van der Waals surface area (Å²) in [6.45, 7) is 16.9. The molecule has 4 nitrogen and oxygen atoms in total. The summed E-state index contributed by atoms with van der Waals surface area (Å²) in [5.41, 5.74) is -0.446. The summed E-state index contributed by atoms with van der Waals surface area (Å²) in [5.74, 6) is 0.903. The Hall–Kier alpha value is -0.420. The van der Waals surface area contributed by atoms with Crippen LogP contribution in [-0.4, -0.2) is 42.3 Å². The number of amides is 1. The molecule has 126 valence electrons. The van der Waals surface area contributed by atoms with Gasteiger partial charge in [0.25, 0.3) is 0 Å². The molecule has 0 bridgehead atoms. The highest BCUT2D eigenvalue weighted by atomic mass is 32.2. The quantitative estimate of drug-likeness (QED) is 0.719. The summed E-state index contributed by atoms with van der Waals surface area (Å²) in [5, 5.41) is 6.39. The number of ether oxygens (including phenoxy) is 1. The van der Waals surface area contributed by atoms with Crippen LogP contribution < -0.4 is 10.6 Å². The summed E-state index contributed by atoms with van der Waals surface area (Å²) >= 11 is 1.86. The van der Waals surface area contributed by atoms with Crippen molar-refractivity contribution in [3.63, 3.8) is 0 Å². The Morgan fingerprint density at radius 2 is 1.71 bits per heavy atom. The minimum absolute atomic E-state index is 0.236. The minimum Gasteiger partial charge on any atom is -0.444 e. The molecule has 1 unspecified atom stereocenters. The monoisotopic (exact) mass is 318 g/mol. The van der Waals surface area contributed by atoms with Crippen LogP contribution >= 0.6 is 11.8 Å². The van der Waals surface area contributed by atoms with Crippen molar-refractivity contribution in [2.45, 2.75) is 58.8 Å². The molecule has 0 aromatic rings. The number of alkyl carbamates (subject to hydrolysis) is 1. The van der Waals surface area contributed by atoms with E-state index in [9.17, 15) is 4.79 Å². The van der Waals surface area contributed by atoms with Gasteiger partial charge < -0.3 is 15.4 Å². The van der Waals surface area contributed by atoms with Gasteiger partial charge in [-0.05, 0) is 59.3 Å². The topological polar surface area (TPSA) is 50.4 Å². The van der Waals surface area contributed by atoms with Crippen LogP contribution in [0, 0.1) is 11.8 Å². The van der Waals surface area contributed by atoms with Crippen LogP contribution in [0.15, 0.2) is 0 Å². The molecule has 0 aliphatic rings. The predicted molar refractivity (Wildman–Crippen MR) is 93.0 cm³/mol. The van der Waals surface area contributed by atoms with Gasteiger partial charge in [-0.15, -0.1) is 0 Å². The van der Waals surface area contributed by atoms with Crippen molar-refractivity contribution in [2.24, 2.45) is 11.8 Å². The highest BCUT2D eigenvalue weighted by molar-refractivity contribution is 7.99. The van der Waals surface area contributed by atoms with Gasteiger partial charge >= 0.3 is 6.09 Å². The lowest BCUT2D eigenvalue weighted by molar-refractivity contribution is 0.0515. The van der Waals surface area contributed by atoms with Gasteiger partial charge in [-0.1, -0.05) is 13.8 Å². The maximum atomic E-state index is 11.7. The molecule has 0 aliphatic carbocycles. The fourth-order valence-corrected chi connectivity index (χ4v) is 1.95. The average Bonchev–Trinajstić information content (AvgIpc) is 2.30. The molecular weight excluding hydrogens is 284 g/mol. The van der Waals surface area contributed by atoms with Crippen LogP contribution in [-0.2, 0) is 4.74 Å². The third-order valence-corrected chi connectivity index (χ3v) is 4.61. The number of rotatable bonds is 8. The van der Waals surface area contributed by atoms with E-state index in [2.05, 4.69) is 44.6 Å². The van der Waals surface area contributed by atoms with Gasteiger partial charge in [-0.3, -0.25) is 0 Å². The van der Waals surface area contributed by atoms with E-state index in [0.717, 1.165) is 13.1 Å². The van der Waals surface area contributed by atoms with Crippen molar-refractivity contribution in [1.82, 2.24) is 10.6 Å². The lowest BCUT2D eigenvalue weighted by atomic mass is 9.95. The van der Waals surface area contributed by atoms with Crippen LogP contribution in [0.1, 0.15) is 48.5 Å². The molecular formula is C16H34N2O2S. The molecule has 0 aromatic heterocycles. The molecule has 0 aliphatic heterocycles. The van der Waals surface area contributed by atoms with Gasteiger partial charge in [0, 0.05) is 17.8 Å². The minimum atomic E-state index is -0.446. The zero-order valence-corrected chi connectivity index (χ0v) is 15.8. The predicted octanol–water partition coefficient (Wildman–Crippen LogP) is 3.51. The van der Waals surface area contributed by atoms with Gasteiger partial charge in [0.15, 0.2) is 0 Å². The summed E-state index contributed by atoms with van der Waals surface area (Å²) in [7, 11) is 0. The highest BCUT2D eigenvalue weighted by Gasteiger charge is 2.20.